The van der Waals surface area contributed by atoms with Crippen molar-refractivity contribution in [3.05, 3.63) is 0 Å². The molecule has 0 aliphatic rings. The van der Waals surface area contributed by atoms with E-state index >= 15 is 0 Å². The zero-order valence-corrected chi connectivity index (χ0v) is 8.49. The van der Waals surface area contributed by atoms with Crippen LogP contribution < -0.4 is 0 Å². The molecule has 4 heteroatoms. The Morgan fingerprint density at radius 1 is 1.17 bits per heavy atom. The summed E-state index contributed by atoms with van der Waals surface area (Å²) in [6, 6.07) is 0. The van der Waals surface area contributed by atoms with Crippen molar-refractivity contribution in [3.8, 4) is 0 Å². The number of carbonyl (C=O) groups excluding carboxylic acids is 1. The maximum atomic E-state index is 11.1. The molecule has 0 amide bonds. The van der Waals surface area contributed by atoms with Crippen LogP contribution in [0.1, 0.15) is 33.1 Å². The predicted molar refractivity (Wildman–Crippen MR) is 48.9 cm³/mol. The van der Waals surface area contributed by atoms with Crippen molar-refractivity contribution in [3.63, 3.8) is 0 Å². The van der Waals surface area contributed by atoms with Crippen molar-refractivity contribution in [1.29, 1.82) is 0 Å². The second-order valence-corrected chi connectivity index (χ2v) is 5.06. The Kier molecular flexibility index (Phi) is 5.13. The minimum Gasteiger partial charge on any atom is -0.299 e. The molecule has 0 aliphatic carbocycles. The monoisotopic (exact) mass is 192 g/mol. The molecule has 0 radical (unpaired) electrons. The minimum absolute atomic E-state index is 0.127. The molecule has 0 N–H and O–H groups in total. The molecule has 72 valence electrons. The molecule has 0 aromatic heterocycles. The Bertz CT molecular complexity index is 229. The highest BCUT2D eigenvalue weighted by Gasteiger charge is 2.14. The van der Waals surface area contributed by atoms with Crippen LogP contribution in [0, 0.1) is 0 Å². The van der Waals surface area contributed by atoms with Gasteiger partial charge in [0.25, 0.3) is 0 Å². The molecule has 0 atom stereocenters. The van der Waals surface area contributed by atoms with Crippen molar-refractivity contribution in [2.75, 3.05) is 11.5 Å². The number of rotatable bonds is 6. The molecular weight excluding hydrogens is 176 g/mol. The summed E-state index contributed by atoms with van der Waals surface area (Å²) in [5.41, 5.74) is 0. The second kappa shape index (κ2) is 5.30. The third kappa shape index (κ3) is 5.29. The molecule has 3 nitrogen and oxygen atoms in total. The molecule has 0 unspecified atom stereocenters. The predicted octanol–water partition coefficient (Wildman–Crippen LogP) is 1.18. The summed E-state index contributed by atoms with van der Waals surface area (Å²) < 4.78 is 22.2. The van der Waals surface area contributed by atoms with Crippen molar-refractivity contribution < 1.29 is 13.2 Å². The molecule has 0 heterocycles. The van der Waals surface area contributed by atoms with Crippen molar-refractivity contribution in [2.45, 2.75) is 33.1 Å². The highest BCUT2D eigenvalue weighted by Crippen LogP contribution is 1.98. The van der Waals surface area contributed by atoms with Crippen molar-refractivity contribution in [1.82, 2.24) is 0 Å². The average molecular weight is 192 g/mol. The zero-order valence-electron chi connectivity index (χ0n) is 7.67. The largest absolute Gasteiger partial charge is 0.299 e. The fraction of sp³-hybridized carbons (Fsp3) is 0.875. The van der Waals surface area contributed by atoms with Gasteiger partial charge in [-0.2, -0.15) is 0 Å². The first kappa shape index (κ1) is 11.6. The van der Waals surface area contributed by atoms with Crippen LogP contribution in [0.15, 0.2) is 0 Å². The van der Waals surface area contributed by atoms with E-state index in [1.807, 2.05) is 6.92 Å². The minimum atomic E-state index is -3.10. The highest BCUT2D eigenvalue weighted by atomic mass is 32.2. The zero-order chi connectivity index (χ0) is 9.61. The lowest BCUT2D eigenvalue weighted by atomic mass is 10.3. The van der Waals surface area contributed by atoms with Gasteiger partial charge < -0.3 is 0 Å². The smallest absolute Gasteiger partial charge is 0.157 e. The van der Waals surface area contributed by atoms with Crippen LogP contribution in [0.25, 0.3) is 0 Å². The molecule has 0 aromatic rings. The quantitative estimate of drug-likeness (QED) is 0.635. The van der Waals surface area contributed by atoms with Gasteiger partial charge in [0, 0.05) is 6.42 Å². The Balaban J connectivity index is 3.98. The van der Waals surface area contributed by atoms with E-state index in [1.165, 1.54) is 0 Å². The van der Waals surface area contributed by atoms with E-state index in [0.717, 1.165) is 6.42 Å². The fourth-order valence-corrected chi connectivity index (χ4v) is 2.38. The van der Waals surface area contributed by atoms with Gasteiger partial charge in [-0.3, -0.25) is 4.79 Å². The summed E-state index contributed by atoms with van der Waals surface area (Å²) in [7, 11) is -3.10. The first-order valence-corrected chi connectivity index (χ1v) is 6.06. The standard InChI is InChI=1S/C8H16O3S/c1-3-5-8(9)7-12(10,11)6-4-2/h3-7H2,1-2H3. The number of ketones is 1. The molecule has 12 heavy (non-hydrogen) atoms. The Hall–Kier alpha value is -0.380. The summed E-state index contributed by atoms with van der Waals surface area (Å²) in [6.45, 7) is 3.66. The molecule has 0 saturated heterocycles. The summed E-state index contributed by atoms with van der Waals surface area (Å²) in [5, 5.41) is 0. The normalized spacial score (nSPS) is 11.5. The molecule has 0 spiro atoms. The number of hydrogen-bond acceptors (Lipinski definition) is 3. The van der Waals surface area contributed by atoms with E-state index in [-0.39, 0.29) is 17.3 Å². The van der Waals surface area contributed by atoms with Crippen LogP contribution in [0.5, 0.6) is 0 Å². The van der Waals surface area contributed by atoms with Gasteiger partial charge >= 0.3 is 0 Å². The first-order valence-electron chi connectivity index (χ1n) is 4.24. The number of sulfone groups is 1. The summed E-state index contributed by atoms with van der Waals surface area (Å²) in [4.78, 5) is 11.0. The van der Waals surface area contributed by atoms with Crippen LogP contribution in [-0.4, -0.2) is 25.7 Å². The third-order valence-electron chi connectivity index (χ3n) is 1.42. The molecule has 0 rings (SSSR count). The lowest BCUT2D eigenvalue weighted by Gasteiger charge is -1.99. The lowest BCUT2D eigenvalue weighted by molar-refractivity contribution is -0.116. The van der Waals surface area contributed by atoms with Gasteiger partial charge in [0.15, 0.2) is 9.84 Å². The van der Waals surface area contributed by atoms with E-state index in [4.69, 9.17) is 0 Å². The second-order valence-electron chi connectivity index (χ2n) is 2.88. The van der Waals surface area contributed by atoms with E-state index in [0.29, 0.717) is 12.8 Å². The Morgan fingerprint density at radius 3 is 2.17 bits per heavy atom. The van der Waals surface area contributed by atoms with E-state index in [1.54, 1.807) is 6.92 Å². The number of hydrogen-bond donors (Lipinski definition) is 0. The lowest BCUT2D eigenvalue weighted by Crippen LogP contribution is -2.18. The van der Waals surface area contributed by atoms with E-state index < -0.39 is 9.84 Å². The first-order chi connectivity index (χ1) is 5.52. The van der Waals surface area contributed by atoms with Crippen LogP contribution in [-0.2, 0) is 14.6 Å². The summed E-state index contributed by atoms with van der Waals surface area (Å²) in [5.74, 6) is -0.303. The maximum absolute atomic E-state index is 11.1. The van der Waals surface area contributed by atoms with Gasteiger partial charge in [-0.1, -0.05) is 13.8 Å². The van der Waals surface area contributed by atoms with Gasteiger partial charge in [-0.15, -0.1) is 0 Å². The van der Waals surface area contributed by atoms with Crippen LogP contribution in [0.2, 0.25) is 0 Å². The molecule has 0 aromatic carbocycles. The summed E-state index contributed by atoms with van der Waals surface area (Å²) in [6.07, 6.45) is 1.69. The van der Waals surface area contributed by atoms with E-state index in [2.05, 4.69) is 0 Å². The maximum Gasteiger partial charge on any atom is 0.157 e. The topological polar surface area (TPSA) is 51.2 Å². The van der Waals surface area contributed by atoms with E-state index in [9.17, 15) is 13.2 Å². The number of Topliss-reactive ketones (excluding diaryl/α,β-unsaturated/α-hetero) is 1. The van der Waals surface area contributed by atoms with Crippen molar-refractivity contribution in [2.24, 2.45) is 0 Å². The van der Waals surface area contributed by atoms with Crippen LogP contribution in [0.4, 0.5) is 0 Å². The van der Waals surface area contributed by atoms with Gasteiger partial charge in [-0.05, 0) is 12.8 Å². The molecule has 0 aliphatic heterocycles. The molecular formula is C8H16O3S. The SMILES string of the molecule is CCCC(=O)CS(=O)(=O)CCC. The summed E-state index contributed by atoms with van der Waals surface area (Å²) >= 11 is 0. The highest BCUT2D eigenvalue weighted by molar-refractivity contribution is 7.92. The third-order valence-corrected chi connectivity index (χ3v) is 3.22. The fourth-order valence-electron chi connectivity index (χ4n) is 0.979. The van der Waals surface area contributed by atoms with Gasteiger partial charge in [0.1, 0.15) is 11.5 Å². The van der Waals surface area contributed by atoms with Crippen molar-refractivity contribution >= 4 is 15.6 Å². The molecule has 0 fully saturated rings. The van der Waals surface area contributed by atoms with Gasteiger partial charge in [0.05, 0.1) is 5.75 Å². The van der Waals surface area contributed by atoms with Crippen LogP contribution in [0.3, 0.4) is 0 Å². The molecule has 0 saturated carbocycles. The Morgan fingerprint density at radius 2 is 1.75 bits per heavy atom. The van der Waals surface area contributed by atoms with Gasteiger partial charge in [-0.25, -0.2) is 8.42 Å². The van der Waals surface area contributed by atoms with Crippen LogP contribution >= 0.6 is 0 Å². The average Bonchev–Trinajstić information content (AvgIpc) is 1.85. The van der Waals surface area contributed by atoms with Gasteiger partial charge in [0.2, 0.25) is 0 Å². The Labute approximate surface area is 74.1 Å². The molecule has 0 bridgehead atoms. The number of carbonyl (C=O) groups is 1.